The van der Waals surface area contributed by atoms with Gasteiger partial charge in [0.2, 0.25) is 0 Å². The topological polar surface area (TPSA) is 45.6 Å². The molecule has 0 saturated carbocycles. The molecular weight excluding hydrogens is 212 g/mol. The molecule has 17 heavy (non-hydrogen) atoms. The van der Waals surface area contributed by atoms with Crippen LogP contribution in [0.15, 0.2) is 18.5 Å². The van der Waals surface area contributed by atoms with E-state index in [1.807, 2.05) is 6.20 Å². The van der Waals surface area contributed by atoms with E-state index in [0.717, 1.165) is 25.5 Å². The monoisotopic (exact) mass is 232 g/mol. The molecule has 0 atom stereocenters. The number of rotatable bonds is 5. The second-order valence-electron chi connectivity index (χ2n) is 4.28. The second kappa shape index (κ2) is 5.19. The molecule has 0 aliphatic heterocycles. The molecule has 4 heteroatoms. The lowest BCUT2D eigenvalue weighted by Crippen LogP contribution is -2.14. The Morgan fingerprint density at radius 3 is 2.76 bits per heavy atom. The van der Waals surface area contributed by atoms with Gasteiger partial charge in [-0.1, -0.05) is 0 Å². The summed E-state index contributed by atoms with van der Waals surface area (Å²) in [7, 11) is 0. The van der Waals surface area contributed by atoms with Gasteiger partial charge in [0.15, 0.2) is 0 Å². The minimum atomic E-state index is 0.781. The van der Waals surface area contributed by atoms with Crippen LogP contribution in [-0.4, -0.2) is 14.5 Å². The van der Waals surface area contributed by atoms with Crippen molar-refractivity contribution < 1.29 is 0 Å². The van der Waals surface area contributed by atoms with E-state index in [1.165, 1.54) is 17.0 Å². The van der Waals surface area contributed by atoms with Gasteiger partial charge in [0, 0.05) is 36.9 Å². The highest BCUT2D eigenvalue weighted by Gasteiger charge is 2.07. The summed E-state index contributed by atoms with van der Waals surface area (Å²) in [4.78, 5) is 7.27. The van der Waals surface area contributed by atoms with Gasteiger partial charge >= 0.3 is 0 Å². The van der Waals surface area contributed by atoms with Crippen LogP contribution in [0.5, 0.6) is 0 Å². The maximum atomic E-state index is 4.19. The van der Waals surface area contributed by atoms with Gasteiger partial charge in [-0.05, 0) is 32.4 Å². The Morgan fingerprint density at radius 1 is 1.35 bits per heavy atom. The lowest BCUT2D eigenvalue weighted by Gasteiger charge is -2.06. The molecule has 92 valence electrons. The highest BCUT2D eigenvalue weighted by molar-refractivity contribution is 5.26. The van der Waals surface area contributed by atoms with Gasteiger partial charge < -0.3 is 14.9 Å². The number of aromatic amines is 1. The lowest BCUT2D eigenvalue weighted by atomic mass is 10.2. The van der Waals surface area contributed by atoms with E-state index in [1.54, 1.807) is 6.20 Å². The summed E-state index contributed by atoms with van der Waals surface area (Å²) in [6, 6.07) is 2.26. The van der Waals surface area contributed by atoms with Crippen molar-refractivity contribution >= 4 is 0 Å². The molecule has 0 spiro atoms. The first kappa shape index (κ1) is 11.9. The first-order valence-electron chi connectivity index (χ1n) is 6.07. The first-order valence-corrected chi connectivity index (χ1v) is 6.07. The third-order valence-electron chi connectivity index (χ3n) is 3.16. The predicted octanol–water partition coefficient (Wildman–Crippen LogP) is 2.14. The average Bonchev–Trinajstić information content (AvgIpc) is 2.89. The molecule has 0 unspecified atom stereocenters. The van der Waals surface area contributed by atoms with Crippen molar-refractivity contribution in [2.45, 2.75) is 40.4 Å². The highest BCUT2D eigenvalue weighted by atomic mass is 15.0. The van der Waals surface area contributed by atoms with Crippen molar-refractivity contribution in [2.24, 2.45) is 0 Å². The Labute approximate surface area is 102 Å². The van der Waals surface area contributed by atoms with Crippen LogP contribution in [0.4, 0.5) is 0 Å². The van der Waals surface area contributed by atoms with Gasteiger partial charge in [-0.2, -0.15) is 0 Å². The number of nitrogens with zero attached hydrogens (tertiary/aromatic N) is 2. The molecule has 2 heterocycles. The minimum absolute atomic E-state index is 0.781. The Kier molecular flexibility index (Phi) is 3.64. The number of hydrogen-bond acceptors (Lipinski definition) is 2. The van der Waals surface area contributed by atoms with Crippen LogP contribution < -0.4 is 5.32 Å². The van der Waals surface area contributed by atoms with E-state index < -0.39 is 0 Å². The summed E-state index contributed by atoms with van der Waals surface area (Å²) in [6.07, 6.45) is 3.62. The van der Waals surface area contributed by atoms with E-state index >= 15 is 0 Å². The van der Waals surface area contributed by atoms with E-state index in [2.05, 4.69) is 46.7 Å². The zero-order valence-electron chi connectivity index (χ0n) is 10.7. The molecule has 2 aromatic heterocycles. The summed E-state index contributed by atoms with van der Waals surface area (Å²) in [6.45, 7) is 9.23. The maximum absolute atomic E-state index is 4.19. The number of hydrogen-bond donors (Lipinski definition) is 2. The molecular formula is C13H20N4. The van der Waals surface area contributed by atoms with Gasteiger partial charge in [-0.25, -0.2) is 4.98 Å². The molecule has 0 aromatic carbocycles. The summed E-state index contributed by atoms with van der Waals surface area (Å²) < 4.78 is 2.34. The van der Waals surface area contributed by atoms with Gasteiger partial charge in [0.05, 0.1) is 6.54 Å². The second-order valence-corrected chi connectivity index (χ2v) is 4.28. The number of imidazole rings is 1. The number of nitrogens with one attached hydrogen (secondary N) is 2. The number of aromatic nitrogens is 3. The Hall–Kier alpha value is -1.55. The fourth-order valence-corrected chi connectivity index (χ4v) is 2.25. The summed E-state index contributed by atoms with van der Waals surface area (Å²) in [5.74, 6) is 0.981. The van der Waals surface area contributed by atoms with Crippen molar-refractivity contribution in [3.05, 3.63) is 41.2 Å². The predicted molar refractivity (Wildman–Crippen MR) is 68.7 cm³/mol. The van der Waals surface area contributed by atoms with E-state index in [4.69, 9.17) is 0 Å². The van der Waals surface area contributed by atoms with E-state index in [9.17, 15) is 0 Å². The molecule has 0 aliphatic carbocycles. The Bertz CT molecular complexity index is 468. The quantitative estimate of drug-likeness (QED) is 0.829. The molecule has 0 saturated heterocycles. The fraction of sp³-hybridized carbons (Fsp3) is 0.462. The molecule has 2 N–H and O–H groups in total. The van der Waals surface area contributed by atoms with Crippen LogP contribution >= 0.6 is 0 Å². The van der Waals surface area contributed by atoms with Crippen LogP contribution in [0.1, 0.15) is 29.7 Å². The molecule has 2 rings (SSSR count). The normalized spacial score (nSPS) is 11.0. The summed E-state index contributed by atoms with van der Waals surface area (Å²) >= 11 is 0. The zero-order chi connectivity index (χ0) is 12.3. The SMILES string of the molecule is CCn1c(C)cc(CNCc2ncc[nH]2)c1C. The van der Waals surface area contributed by atoms with Gasteiger partial charge in [-0.15, -0.1) is 0 Å². The standard InChI is InChI=1S/C13H20N4/c1-4-17-10(2)7-12(11(17)3)8-14-9-13-15-5-6-16-13/h5-7,14H,4,8-9H2,1-3H3,(H,15,16). The van der Waals surface area contributed by atoms with Crippen LogP contribution in [-0.2, 0) is 19.6 Å². The third-order valence-corrected chi connectivity index (χ3v) is 3.16. The minimum Gasteiger partial charge on any atom is -0.349 e. The molecule has 0 aliphatic rings. The third kappa shape index (κ3) is 2.58. The fourth-order valence-electron chi connectivity index (χ4n) is 2.25. The molecule has 0 fully saturated rings. The van der Waals surface area contributed by atoms with Crippen LogP contribution in [0, 0.1) is 13.8 Å². The smallest absolute Gasteiger partial charge is 0.120 e. The van der Waals surface area contributed by atoms with E-state index in [0.29, 0.717) is 0 Å². The molecule has 2 aromatic rings. The molecule has 4 nitrogen and oxygen atoms in total. The van der Waals surface area contributed by atoms with Gasteiger partial charge in [-0.3, -0.25) is 0 Å². The van der Waals surface area contributed by atoms with Crippen molar-refractivity contribution in [2.75, 3.05) is 0 Å². The van der Waals surface area contributed by atoms with Gasteiger partial charge in [0.25, 0.3) is 0 Å². The van der Waals surface area contributed by atoms with Crippen molar-refractivity contribution in [1.82, 2.24) is 19.9 Å². The number of aryl methyl sites for hydroxylation is 1. The Morgan fingerprint density at radius 2 is 2.18 bits per heavy atom. The number of H-pyrrole nitrogens is 1. The summed E-state index contributed by atoms with van der Waals surface area (Å²) in [5.41, 5.74) is 4.06. The molecule has 0 amide bonds. The first-order chi connectivity index (χ1) is 8.22. The summed E-state index contributed by atoms with van der Waals surface area (Å²) in [5, 5.41) is 3.40. The van der Waals surface area contributed by atoms with Crippen molar-refractivity contribution in [3.8, 4) is 0 Å². The zero-order valence-corrected chi connectivity index (χ0v) is 10.7. The van der Waals surface area contributed by atoms with Crippen molar-refractivity contribution in [1.29, 1.82) is 0 Å². The van der Waals surface area contributed by atoms with Gasteiger partial charge in [0.1, 0.15) is 5.82 Å². The molecule has 0 radical (unpaired) electrons. The van der Waals surface area contributed by atoms with Crippen LogP contribution in [0.25, 0.3) is 0 Å². The molecule has 0 bridgehead atoms. The maximum Gasteiger partial charge on any atom is 0.120 e. The lowest BCUT2D eigenvalue weighted by molar-refractivity contribution is 0.658. The average molecular weight is 232 g/mol. The van der Waals surface area contributed by atoms with E-state index in [-0.39, 0.29) is 0 Å². The largest absolute Gasteiger partial charge is 0.349 e. The van der Waals surface area contributed by atoms with Crippen LogP contribution in [0.3, 0.4) is 0 Å². The van der Waals surface area contributed by atoms with Crippen molar-refractivity contribution in [3.63, 3.8) is 0 Å². The highest BCUT2D eigenvalue weighted by Crippen LogP contribution is 2.14. The Balaban J connectivity index is 1.95. The van der Waals surface area contributed by atoms with Crippen LogP contribution in [0.2, 0.25) is 0 Å².